The summed E-state index contributed by atoms with van der Waals surface area (Å²) in [6.07, 6.45) is -2.21. The Hall–Kier alpha value is -6.35. The number of nitrogens with one attached hydrogen (secondary N) is 2. The van der Waals surface area contributed by atoms with Crippen LogP contribution in [0.25, 0.3) is 11.1 Å². The van der Waals surface area contributed by atoms with Crippen molar-refractivity contribution < 1.29 is 45.0 Å². The van der Waals surface area contributed by atoms with E-state index in [4.69, 9.17) is 46.9 Å². The summed E-state index contributed by atoms with van der Waals surface area (Å²) < 4.78 is 53.8. The van der Waals surface area contributed by atoms with E-state index in [0.717, 1.165) is 33.4 Å². The van der Waals surface area contributed by atoms with E-state index >= 15 is 0 Å². The van der Waals surface area contributed by atoms with Crippen LogP contribution in [-0.4, -0.2) is 66.5 Å². The highest BCUT2D eigenvalue weighted by molar-refractivity contribution is 6.55. The second kappa shape index (κ2) is 22.8. The molecule has 0 spiro atoms. The predicted octanol–water partition coefficient (Wildman–Crippen LogP) is 11.9. The van der Waals surface area contributed by atoms with Crippen LogP contribution in [0.15, 0.2) is 133 Å². The monoisotopic (exact) mass is 1030 g/mol. The zero-order valence-electron chi connectivity index (χ0n) is 43.9. The van der Waals surface area contributed by atoms with Gasteiger partial charge < -0.3 is 57.5 Å². The van der Waals surface area contributed by atoms with Crippen LogP contribution in [0, 0.1) is 0 Å². The molecule has 6 aromatic rings. The molecule has 2 amide bonds. The first-order chi connectivity index (χ1) is 34.6. The lowest BCUT2D eigenvalue weighted by molar-refractivity contribution is -0.0476. The number of benzene rings is 6. The Morgan fingerprint density at radius 1 is 0.425 bits per heavy atom. The third-order valence-corrected chi connectivity index (χ3v) is 16.9. The van der Waals surface area contributed by atoms with Crippen molar-refractivity contribution in [3.8, 4) is 22.6 Å². The lowest BCUT2D eigenvalue weighted by atomic mass is 9.67. The molecule has 0 fully saturated rings. The number of hydrogen-bond acceptors (Lipinski definition) is 12. The summed E-state index contributed by atoms with van der Waals surface area (Å²) in [4.78, 5) is 28.3. The molecule has 1 aliphatic carbocycles. The van der Waals surface area contributed by atoms with Crippen LogP contribution in [0.3, 0.4) is 0 Å². The summed E-state index contributed by atoms with van der Waals surface area (Å²) >= 11 is 0. The highest BCUT2D eigenvalue weighted by atomic mass is 28.4. The van der Waals surface area contributed by atoms with Crippen LogP contribution in [0.4, 0.5) is 22.7 Å². The second-order valence-electron chi connectivity index (χ2n) is 19.6. The number of nitrogen functional groups attached to an aromatic ring is 2. The molecule has 386 valence electrons. The van der Waals surface area contributed by atoms with Crippen molar-refractivity contribution in [1.82, 2.24) is 0 Å². The van der Waals surface area contributed by atoms with Gasteiger partial charge in [-0.3, -0.25) is 9.59 Å². The van der Waals surface area contributed by atoms with Crippen molar-refractivity contribution in [2.75, 3.05) is 22.1 Å². The molecule has 73 heavy (non-hydrogen) atoms. The minimum absolute atomic E-state index is 0.243. The largest absolute Gasteiger partial charge is 0.750 e. The Morgan fingerprint density at radius 2 is 0.726 bits per heavy atom. The number of rotatable bonds is 22. The van der Waals surface area contributed by atoms with Crippen molar-refractivity contribution in [2.45, 2.75) is 125 Å². The Labute approximate surface area is 432 Å². The molecule has 0 saturated carbocycles. The molecule has 1 aliphatic rings. The SMILES string of the molecule is CC(C)O[Si](Oc1cc(C2(c3ccc(NC(=O)c4ccc(N)cc4)c(O[Si](OC(C)C)(OC(C)C)OC(C)C)c3)c3ccccc3-c3ccccc32)ccc1NC(=O)c1ccc(N)cc1)(OC(C)C)OC(C)C. The molecule has 14 nitrogen and oxygen atoms in total. The van der Waals surface area contributed by atoms with E-state index in [1.807, 2.05) is 144 Å². The minimum atomic E-state index is -4.11. The highest BCUT2D eigenvalue weighted by Gasteiger charge is 2.54. The topological polar surface area (TPSA) is 184 Å². The normalized spacial score (nSPS) is 13.2. The molecule has 6 N–H and O–H groups in total. The average molecular weight is 1030 g/mol. The molecule has 0 saturated heterocycles. The van der Waals surface area contributed by atoms with E-state index in [1.165, 1.54) is 0 Å². The zero-order valence-corrected chi connectivity index (χ0v) is 45.9. The van der Waals surface area contributed by atoms with E-state index in [-0.39, 0.29) is 48.1 Å². The van der Waals surface area contributed by atoms with Gasteiger partial charge in [-0.15, -0.1) is 0 Å². The van der Waals surface area contributed by atoms with Crippen molar-refractivity contribution in [1.29, 1.82) is 0 Å². The highest BCUT2D eigenvalue weighted by Crippen LogP contribution is 2.57. The molecule has 0 bridgehead atoms. The third-order valence-electron chi connectivity index (χ3n) is 11.4. The Balaban J connectivity index is 1.54. The van der Waals surface area contributed by atoms with Crippen LogP contribution in [0.2, 0.25) is 0 Å². The maximum absolute atomic E-state index is 14.1. The molecule has 0 radical (unpaired) electrons. The van der Waals surface area contributed by atoms with Gasteiger partial charge in [0.25, 0.3) is 11.8 Å². The molecule has 0 heterocycles. The fourth-order valence-corrected chi connectivity index (χ4v) is 13.8. The fraction of sp³-hybridized carbons (Fsp3) is 0.333. The third kappa shape index (κ3) is 12.5. The van der Waals surface area contributed by atoms with Crippen molar-refractivity contribution >= 4 is 52.7 Å². The molecule has 6 aromatic carbocycles. The molecule has 7 rings (SSSR count). The fourth-order valence-electron chi connectivity index (χ4n) is 8.88. The van der Waals surface area contributed by atoms with Gasteiger partial charge in [0.15, 0.2) is 0 Å². The van der Waals surface area contributed by atoms with Gasteiger partial charge in [0.05, 0.1) is 16.8 Å². The number of hydrogen-bond donors (Lipinski definition) is 4. The summed E-state index contributed by atoms with van der Waals surface area (Å²) in [5.41, 5.74) is 18.8. The molecule has 16 heteroatoms. The Morgan fingerprint density at radius 3 is 1.03 bits per heavy atom. The van der Waals surface area contributed by atoms with Crippen molar-refractivity contribution in [2.24, 2.45) is 0 Å². The van der Waals surface area contributed by atoms with E-state index in [9.17, 15) is 9.59 Å². The van der Waals surface area contributed by atoms with E-state index < -0.39 is 35.3 Å². The lowest BCUT2D eigenvalue weighted by Crippen LogP contribution is -2.56. The summed E-state index contributed by atoms with van der Waals surface area (Å²) in [7, 11) is -8.21. The van der Waals surface area contributed by atoms with Gasteiger partial charge in [0, 0.05) is 59.1 Å². The van der Waals surface area contributed by atoms with Gasteiger partial charge in [-0.05, 0) is 189 Å². The van der Waals surface area contributed by atoms with Crippen LogP contribution in [0.1, 0.15) is 126 Å². The first-order valence-electron chi connectivity index (χ1n) is 24.9. The van der Waals surface area contributed by atoms with Crippen LogP contribution in [0.5, 0.6) is 11.5 Å². The number of anilines is 4. The quantitative estimate of drug-likeness (QED) is 0.0373. The number of carbonyl (C=O) groups excluding carboxylic acids is 2. The number of fused-ring (bicyclic) bond motifs is 3. The van der Waals surface area contributed by atoms with Crippen LogP contribution >= 0.6 is 0 Å². The maximum Gasteiger partial charge on any atom is 0.750 e. The standard InChI is InChI=1S/C57H70N4O10Si2/c1-35(2)64-72(65-36(3)4,66-37(5)6)70-53-33-43(25-31-51(53)60-55(62)41-21-27-45(58)28-22-41)57(49-19-15-13-17-47(49)48-18-14-16-20-50(48)57)44-26-32-52(61-56(63)42-23-29-46(59)30-24-42)54(34-44)71-73(67-38(7)8,68-39(9)10)69-40(11)12/h13-40H,58-59H2,1-12H3,(H,60,62)(H,61,63). The lowest BCUT2D eigenvalue weighted by Gasteiger charge is -2.37. The summed E-state index contributed by atoms with van der Waals surface area (Å²) in [5, 5.41) is 6.21. The molecule has 0 aromatic heterocycles. The first kappa shape index (κ1) is 54.4. The molecule has 0 atom stereocenters. The van der Waals surface area contributed by atoms with Gasteiger partial charge in [-0.25, -0.2) is 0 Å². The van der Waals surface area contributed by atoms with E-state index in [2.05, 4.69) is 34.9 Å². The average Bonchev–Trinajstić information content (AvgIpc) is 3.60. The Bertz CT molecular complexity index is 2630. The van der Waals surface area contributed by atoms with Gasteiger partial charge in [-0.2, -0.15) is 0 Å². The summed E-state index contributed by atoms with van der Waals surface area (Å²) in [5.74, 6) is -0.297. The smallest absolute Gasteiger partial charge is 0.478 e. The second-order valence-corrected chi connectivity index (χ2v) is 23.4. The van der Waals surface area contributed by atoms with Gasteiger partial charge in [0.2, 0.25) is 0 Å². The number of carbonyl (C=O) groups is 2. The van der Waals surface area contributed by atoms with Gasteiger partial charge in [-0.1, -0.05) is 60.7 Å². The Kier molecular flexibility index (Phi) is 17.0. The molecule has 0 aliphatic heterocycles. The van der Waals surface area contributed by atoms with Crippen molar-refractivity contribution in [3.63, 3.8) is 0 Å². The molecular weight excluding hydrogens is 957 g/mol. The minimum Gasteiger partial charge on any atom is -0.478 e. The van der Waals surface area contributed by atoms with E-state index in [0.29, 0.717) is 33.9 Å². The summed E-state index contributed by atoms with van der Waals surface area (Å²) in [6.45, 7) is 22.7. The number of amides is 2. The molecule has 0 unspecified atom stereocenters. The van der Waals surface area contributed by atoms with Gasteiger partial charge >= 0.3 is 18.1 Å². The first-order valence-corrected chi connectivity index (χ1v) is 28.2. The van der Waals surface area contributed by atoms with Crippen LogP contribution < -0.4 is 31.0 Å². The van der Waals surface area contributed by atoms with Gasteiger partial charge in [0.1, 0.15) is 11.5 Å². The number of nitrogens with two attached hydrogens (primary N) is 2. The summed E-state index contributed by atoms with van der Waals surface area (Å²) in [6, 6.07) is 41.3. The van der Waals surface area contributed by atoms with Crippen molar-refractivity contribution in [3.05, 3.63) is 167 Å². The maximum atomic E-state index is 14.1. The molecular formula is C57H70N4O10Si2. The zero-order chi connectivity index (χ0) is 52.8. The predicted molar refractivity (Wildman–Crippen MR) is 291 cm³/mol. The van der Waals surface area contributed by atoms with Crippen LogP contribution in [-0.2, 0) is 32.0 Å². The van der Waals surface area contributed by atoms with E-state index in [1.54, 1.807) is 48.5 Å².